The van der Waals surface area contributed by atoms with Gasteiger partial charge in [-0.15, -0.1) is 0 Å². The lowest BCUT2D eigenvalue weighted by atomic mass is 10.0. The van der Waals surface area contributed by atoms with E-state index in [1.165, 1.54) is 0 Å². The molecule has 82 valence electrons. The number of nitrogens with zero attached hydrogens (tertiary/aromatic N) is 1. The Morgan fingerprint density at radius 3 is 2.36 bits per heavy atom. The molecule has 7 nitrogen and oxygen atoms in total. The quantitative estimate of drug-likeness (QED) is 0.275. The smallest absolute Gasteiger partial charge is 0.189 e. The summed E-state index contributed by atoms with van der Waals surface area (Å²) in [6, 6.07) is -1.64. The second-order valence-electron chi connectivity index (χ2n) is 3.18. The summed E-state index contributed by atoms with van der Waals surface area (Å²) in [6.07, 6.45) is -2.47. The van der Waals surface area contributed by atoms with E-state index < -0.39 is 30.9 Å². The first-order valence-corrected chi connectivity index (χ1v) is 4.27. The summed E-state index contributed by atoms with van der Waals surface area (Å²) in [5.74, 6) is -0.0151. The van der Waals surface area contributed by atoms with Crippen LogP contribution >= 0.6 is 0 Å². The molecular weight excluding hydrogens is 190 g/mol. The summed E-state index contributed by atoms with van der Waals surface area (Å²) in [7, 11) is 0. The molecule has 4 atom stereocenters. The number of aliphatic hydroxyl groups excluding tert-OH is 4. The molecule has 14 heavy (non-hydrogen) atoms. The fourth-order valence-corrected chi connectivity index (χ4v) is 1.34. The Hall–Kier alpha value is -0.890. The van der Waals surface area contributed by atoms with Crippen molar-refractivity contribution in [3.63, 3.8) is 0 Å². The molecule has 1 aliphatic rings. The Labute approximate surface area is 80.9 Å². The molecule has 1 rings (SSSR count). The van der Waals surface area contributed by atoms with Crippen LogP contribution in [-0.2, 0) is 0 Å². The largest absolute Gasteiger partial charge is 0.394 e. The molecule has 0 bridgehead atoms. The number of aliphatic imine (C=N–C) groups is 1. The van der Waals surface area contributed by atoms with Crippen molar-refractivity contribution < 1.29 is 20.4 Å². The van der Waals surface area contributed by atoms with E-state index in [1.54, 1.807) is 0 Å². The zero-order valence-corrected chi connectivity index (χ0v) is 7.54. The van der Waals surface area contributed by atoms with Gasteiger partial charge in [0, 0.05) is 0 Å². The average Bonchev–Trinajstić information content (AvgIpc) is 2.29. The van der Waals surface area contributed by atoms with Gasteiger partial charge in [-0.05, 0) is 0 Å². The fraction of sp³-hybridized carbons (Fsp3) is 0.857. The summed E-state index contributed by atoms with van der Waals surface area (Å²) >= 11 is 0. The lowest BCUT2D eigenvalue weighted by Crippen LogP contribution is -2.51. The second-order valence-corrected chi connectivity index (χ2v) is 3.18. The minimum absolute atomic E-state index is 0.0151. The van der Waals surface area contributed by atoms with Crippen LogP contribution in [0.4, 0.5) is 0 Å². The highest BCUT2D eigenvalue weighted by atomic mass is 16.3. The van der Waals surface area contributed by atoms with Crippen LogP contribution in [0.1, 0.15) is 0 Å². The van der Waals surface area contributed by atoms with Crippen LogP contribution in [0.15, 0.2) is 4.99 Å². The predicted molar refractivity (Wildman–Crippen MR) is 48.5 cm³/mol. The molecule has 7 N–H and O–H groups in total. The first-order valence-electron chi connectivity index (χ1n) is 4.27. The van der Waals surface area contributed by atoms with E-state index in [-0.39, 0.29) is 12.6 Å². The van der Waals surface area contributed by atoms with E-state index in [0.29, 0.717) is 0 Å². The van der Waals surface area contributed by atoms with E-state index in [1.807, 2.05) is 0 Å². The number of hydrogen-bond donors (Lipinski definition) is 6. The minimum atomic E-state index is -1.24. The van der Waals surface area contributed by atoms with Crippen molar-refractivity contribution in [2.24, 2.45) is 10.7 Å². The summed E-state index contributed by atoms with van der Waals surface area (Å²) in [4.78, 5) is 3.74. The molecule has 1 heterocycles. The van der Waals surface area contributed by atoms with Crippen molar-refractivity contribution in [1.29, 1.82) is 0 Å². The Kier molecular flexibility index (Phi) is 3.64. The van der Waals surface area contributed by atoms with E-state index >= 15 is 0 Å². The lowest BCUT2D eigenvalue weighted by molar-refractivity contribution is -0.0281. The molecule has 0 radical (unpaired) electrons. The molecule has 0 aromatic heterocycles. The predicted octanol–water partition coefficient (Wildman–Crippen LogP) is -3.65. The number of nitrogens with two attached hydrogens (primary N) is 1. The molecule has 0 saturated heterocycles. The molecule has 0 aromatic carbocycles. The Balaban J connectivity index is 2.83. The standard InChI is InChI=1S/C7H15N3O4/c8-7-9-3(1-11)5(13)6(14)4(2-12)10-7/h3-6,11-14H,1-2H2,(H3,8,9,10)/t3-,4-,5+,6+/m0/s1. The van der Waals surface area contributed by atoms with Crippen molar-refractivity contribution in [2.45, 2.75) is 24.3 Å². The molecule has 0 amide bonds. The molecule has 1 aliphatic heterocycles. The average molecular weight is 205 g/mol. The highest BCUT2D eigenvalue weighted by Crippen LogP contribution is 2.10. The number of guanidine groups is 1. The van der Waals surface area contributed by atoms with Crippen LogP contribution in [0.25, 0.3) is 0 Å². The van der Waals surface area contributed by atoms with Crippen LogP contribution in [0.5, 0.6) is 0 Å². The maximum atomic E-state index is 9.52. The van der Waals surface area contributed by atoms with Gasteiger partial charge in [0.05, 0.1) is 19.3 Å². The highest BCUT2D eigenvalue weighted by molar-refractivity contribution is 5.78. The van der Waals surface area contributed by atoms with Gasteiger partial charge in [-0.3, -0.25) is 0 Å². The summed E-state index contributed by atoms with van der Waals surface area (Å²) in [6.45, 7) is -0.800. The van der Waals surface area contributed by atoms with Crippen LogP contribution in [-0.4, -0.2) is 63.9 Å². The third kappa shape index (κ3) is 2.13. The van der Waals surface area contributed by atoms with Crippen LogP contribution in [0.3, 0.4) is 0 Å². The maximum absolute atomic E-state index is 9.52. The first kappa shape index (κ1) is 11.2. The highest BCUT2D eigenvalue weighted by Gasteiger charge is 2.34. The van der Waals surface area contributed by atoms with Gasteiger partial charge < -0.3 is 31.5 Å². The zero-order valence-electron chi connectivity index (χ0n) is 7.54. The number of aliphatic hydroxyl groups is 4. The summed E-state index contributed by atoms with van der Waals surface area (Å²) in [5.41, 5.74) is 5.39. The molecule has 0 spiro atoms. The van der Waals surface area contributed by atoms with Crippen molar-refractivity contribution in [3.8, 4) is 0 Å². The van der Waals surface area contributed by atoms with E-state index in [0.717, 1.165) is 0 Å². The van der Waals surface area contributed by atoms with Gasteiger partial charge in [0.1, 0.15) is 18.2 Å². The molecule has 0 unspecified atom stereocenters. The molecule has 0 aromatic rings. The number of hydrogen-bond acceptors (Lipinski definition) is 7. The molecular formula is C7H15N3O4. The van der Waals surface area contributed by atoms with E-state index in [9.17, 15) is 10.2 Å². The lowest BCUT2D eigenvalue weighted by Gasteiger charge is -2.24. The van der Waals surface area contributed by atoms with Gasteiger partial charge in [-0.25, -0.2) is 4.99 Å². The van der Waals surface area contributed by atoms with Crippen molar-refractivity contribution in [1.82, 2.24) is 5.32 Å². The van der Waals surface area contributed by atoms with Crippen LogP contribution in [0, 0.1) is 0 Å². The van der Waals surface area contributed by atoms with Gasteiger partial charge in [0.15, 0.2) is 5.96 Å². The third-order valence-electron chi connectivity index (χ3n) is 2.18. The number of nitrogens with one attached hydrogen (secondary N) is 1. The van der Waals surface area contributed by atoms with E-state index in [2.05, 4.69) is 10.3 Å². The SMILES string of the molecule is NC1=N[C@@H](CO)[C@@H](O)[C@H](O)[C@H](CO)N1. The van der Waals surface area contributed by atoms with Gasteiger partial charge in [-0.1, -0.05) is 0 Å². The number of rotatable bonds is 2. The van der Waals surface area contributed by atoms with Crippen LogP contribution < -0.4 is 11.1 Å². The molecule has 7 heteroatoms. The first-order chi connectivity index (χ1) is 6.60. The second kappa shape index (κ2) is 4.56. The van der Waals surface area contributed by atoms with Crippen LogP contribution in [0.2, 0.25) is 0 Å². The normalized spacial score (nSPS) is 38.4. The Morgan fingerprint density at radius 2 is 1.86 bits per heavy atom. The Bertz CT molecular complexity index is 223. The zero-order chi connectivity index (χ0) is 10.7. The summed E-state index contributed by atoms with van der Waals surface area (Å²) in [5, 5.41) is 39.3. The van der Waals surface area contributed by atoms with Gasteiger partial charge in [0.2, 0.25) is 0 Å². The van der Waals surface area contributed by atoms with Crippen molar-refractivity contribution in [2.75, 3.05) is 13.2 Å². The topological polar surface area (TPSA) is 131 Å². The molecule has 0 fully saturated rings. The molecule has 0 saturated carbocycles. The minimum Gasteiger partial charge on any atom is -0.394 e. The Morgan fingerprint density at radius 1 is 1.21 bits per heavy atom. The monoisotopic (exact) mass is 205 g/mol. The van der Waals surface area contributed by atoms with Crippen molar-refractivity contribution >= 4 is 5.96 Å². The van der Waals surface area contributed by atoms with E-state index in [4.69, 9.17) is 15.9 Å². The maximum Gasteiger partial charge on any atom is 0.189 e. The fourth-order valence-electron chi connectivity index (χ4n) is 1.34. The summed E-state index contributed by atoms with van der Waals surface area (Å²) < 4.78 is 0. The van der Waals surface area contributed by atoms with Crippen molar-refractivity contribution in [3.05, 3.63) is 0 Å². The van der Waals surface area contributed by atoms with Gasteiger partial charge in [-0.2, -0.15) is 0 Å². The van der Waals surface area contributed by atoms with Gasteiger partial charge >= 0.3 is 0 Å². The van der Waals surface area contributed by atoms with Gasteiger partial charge in [0.25, 0.3) is 0 Å². The molecule has 0 aliphatic carbocycles. The third-order valence-corrected chi connectivity index (χ3v) is 2.18.